The zero-order valence-electron chi connectivity index (χ0n) is 19.4. The molecule has 35 heavy (non-hydrogen) atoms. The second-order valence-electron chi connectivity index (χ2n) is 9.16. The van der Waals surface area contributed by atoms with Crippen LogP contribution in [0.15, 0.2) is 53.4 Å². The first-order valence-electron chi connectivity index (χ1n) is 11.6. The molecule has 2 aromatic carbocycles. The van der Waals surface area contributed by atoms with Gasteiger partial charge in [-0.05, 0) is 49.1 Å². The lowest BCUT2D eigenvalue weighted by Gasteiger charge is -2.42. The summed E-state index contributed by atoms with van der Waals surface area (Å²) in [7, 11) is -3.70. The standard InChI is InChI=1S/C24H31N5O5S/c25-23(26)19-3-1-4-20(11-19)29-15-18(16-30)14-27(24(29)32)13-17-7-9-28(10-8-17)35(33,34)22-6-2-5-21(31)12-22/h1-6,11-12,17-18,30-31H,7-10,13-16H2,(H3,25,26). The van der Waals surface area contributed by atoms with Gasteiger partial charge in [-0.25, -0.2) is 13.2 Å². The first-order chi connectivity index (χ1) is 16.7. The van der Waals surface area contributed by atoms with Gasteiger partial charge in [-0.3, -0.25) is 10.3 Å². The van der Waals surface area contributed by atoms with Gasteiger partial charge in [0.1, 0.15) is 11.6 Å². The van der Waals surface area contributed by atoms with Crippen molar-refractivity contribution in [3.05, 3.63) is 54.1 Å². The van der Waals surface area contributed by atoms with Crippen molar-refractivity contribution >= 4 is 27.6 Å². The summed E-state index contributed by atoms with van der Waals surface area (Å²) in [5.41, 5.74) is 6.75. The molecule has 1 atom stereocenters. The Balaban J connectivity index is 1.43. The van der Waals surface area contributed by atoms with Crippen molar-refractivity contribution in [2.45, 2.75) is 17.7 Å². The number of rotatable bonds is 7. The number of benzene rings is 2. The molecule has 2 aliphatic rings. The van der Waals surface area contributed by atoms with Gasteiger partial charge in [0, 0.05) is 56.5 Å². The third-order valence-corrected chi connectivity index (χ3v) is 8.55. The average Bonchev–Trinajstić information content (AvgIpc) is 2.85. The fraction of sp³-hybridized carbons (Fsp3) is 0.417. The van der Waals surface area contributed by atoms with Crippen molar-refractivity contribution in [2.24, 2.45) is 17.6 Å². The Hall–Kier alpha value is -3.15. The summed E-state index contributed by atoms with van der Waals surface area (Å²) < 4.78 is 27.3. The summed E-state index contributed by atoms with van der Waals surface area (Å²) >= 11 is 0. The van der Waals surface area contributed by atoms with Crippen LogP contribution in [-0.4, -0.2) is 79.0 Å². The number of urea groups is 1. The summed E-state index contributed by atoms with van der Waals surface area (Å²) in [6, 6.07) is 12.4. The lowest BCUT2D eigenvalue weighted by atomic mass is 9.96. The van der Waals surface area contributed by atoms with Crippen LogP contribution in [0.5, 0.6) is 5.75 Å². The minimum Gasteiger partial charge on any atom is -0.508 e. The molecular weight excluding hydrogens is 470 g/mol. The van der Waals surface area contributed by atoms with E-state index in [1.165, 1.54) is 28.6 Å². The molecule has 11 heteroatoms. The van der Waals surface area contributed by atoms with E-state index in [-0.39, 0.29) is 41.0 Å². The average molecular weight is 502 g/mol. The van der Waals surface area contributed by atoms with Gasteiger partial charge in [0.25, 0.3) is 0 Å². The van der Waals surface area contributed by atoms with Crippen molar-refractivity contribution in [2.75, 3.05) is 44.2 Å². The fourth-order valence-corrected chi connectivity index (χ4v) is 6.23. The Bertz CT molecular complexity index is 1200. The van der Waals surface area contributed by atoms with Gasteiger partial charge in [-0.2, -0.15) is 4.31 Å². The highest BCUT2D eigenvalue weighted by Gasteiger charge is 2.36. The minimum atomic E-state index is -3.70. The van der Waals surface area contributed by atoms with Gasteiger partial charge in [0.05, 0.1) is 4.90 Å². The number of amidine groups is 1. The van der Waals surface area contributed by atoms with Gasteiger partial charge in [0.2, 0.25) is 10.0 Å². The summed E-state index contributed by atoms with van der Waals surface area (Å²) in [6.45, 7) is 1.87. The third-order valence-electron chi connectivity index (χ3n) is 6.66. The molecule has 0 aliphatic carbocycles. The number of carbonyl (C=O) groups excluding carboxylic acids is 1. The second-order valence-corrected chi connectivity index (χ2v) is 11.1. The summed E-state index contributed by atoms with van der Waals surface area (Å²) in [4.78, 5) is 16.7. The number of nitrogens with two attached hydrogens (primary N) is 1. The van der Waals surface area contributed by atoms with Crippen LogP contribution in [0.25, 0.3) is 0 Å². The second kappa shape index (κ2) is 10.2. The highest BCUT2D eigenvalue weighted by atomic mass is 32.2. The molecule has 188 valence electrons. The molecule has 10 nitrogen and oxygen atoms in total. The topological polar surface area (TPSA) is 151 Å². The number of phenolic OH excluding ortho intramolecular Hbond substituents is 1. The van der Waals surface area contributed by atoms with Crippen molar-refractivity contribution in [3.8, 4) is 5.75 Å². The number of phenols is 1. The maximum Gasteiger partial charge on any atom is 0.324 e. The van der Waals surface area contributed by atoms with Crippen LogP contribution in [0.4, 0.5) is 10.5 Å². The number of anilines is 1. The lowest BCUT2D eigenvalue weighted by Crippen LogP contribution is -2.56. The minimum absolute atomic E-state index is 0.0622. The SMILES string of the molecule is N=C(N)c1cccc(N2CC(CO)CN(CC3CCN(S(=O)(=O)c4cccc(O)c4)CC3)C2=O)c1. The van der Waals surface area contributed by atoms with Gasteiger partial charge in [-0.15, -0.1) is 0 Å². The summed E-state index contributed by atoms with van der Waals surface area (Å²) in [6.07, 6.45) is 1.21. The van der Waals surface area contributed by atoms with Crippen LogP contribution in [0.2, 0.25) is 0 Å². The number of hydrogen-bond acceptors (Lipinski definition) is 6. The van der Waals surface area contributed by atoms with E-state index in [0.29, 0.717) is 56.8 Å². The molecule has 2 amide bonds. The van der Waals surface area contributed by atoms with E-state index in [9.17, 15) is 23.4 Å². The number of carbonyl (C=O) groups is 1. The van der Waals surface area contributed by atoms with Crippen molar-refractivity contribution in [1.82, 2.24) is 9.21 Å². The van der Waals surface area contributed by atoms with Gasteiger partial charge >= 0.3 is 6.03 Å². The van der Waals surface area contributed by atoms with Crippen LogP contribution < -0.4 is 10.6 Å². The largest absolute Gasteiger partial charge is 0.508 e. The summed E-state index contributed by atoms with van der Waals surface area (Å²) in [5, 5.41) is 27.2. The molecule has 0 radical (unpaired) electrons. The van der Waals surface area contributed by atoms with Crippen molar-refractivity contribution < 1.29 is 23.4 Å². The maximum absolute atomic E-state index is 13.3. The molecule has 1 unspecified atom stereocenters. The molecule has 5 N–H and O–H groups in total. The molecular formula is C24H31N5O5S. The number of aromatic hydroxyl groups is 1. The molecule has 0 saturated carbocycles. The molecule has 2 aliphatic heterocycles. The number of aliphatic hydroxyl groups is 1. The molecule has 2 saturated heterocycles. The van der Waals surface area contributed by atoms with E-state index in [4.69, 9.17) is 11.1 Å². The Morgan fingerprint density at radius 2 is 1.77 bits per heavy atom. The van der Waals surface area contributed by atoms with Crippen molar-refractivity contribution in [3.63, 3.8) is 0 Å². The van der Waals surface area contributed by atoms with Crippen LogP contribution in [0.1, 0.15) is 18.4 Å². The Kier molecular flexibility index (Phi) is 7.29. The quantitative estimate of drug-likeness (QED) is 0.334. The van der Waals surface area contributed by atoms with E-state index in [0.717, 1.165) is 0 Å². The predicted molar refractivity (Wildman–Crippen MR) is 132 cm³/mol. The first-order valence-corrected chi connectivity index (χ1v) is 13.0. The Labute approximate surface area is 205 Å². The molecule has 2 aromatic rings. The van der Waals surface area contributed by atoms with Crippen LogP contribution in [0, 0.1) is 17.2 Å². The lowest BCUT2D eigenvalue weighted by molar-refractivity contribution is 0.128. The van der Waals surface area contributed by atoms with Crippen LogP contribution >= 0.6 is 0 Å². The zero-order valence-corrected chi connectivity index (χ0v) is 20.2. The number of hydrogen-bond donors (Lipinski definition) is 4. The van der Waals surface area contributed by atoms with E-state index < -0.39 is 10.0 Å². The number of sulfonamides is 1. The van der Waals surface area contributed by atoms with Gasteiger partial charge in [-0.1, -0.05) is 18.2 Å². The number of nitrogens with zero attached hydrogens (tertiary/aromatic N) is 3. The number of amides is 2. The molecule has 0 spiro atoms. The van der Waals surface area contributed by atoms with E-state index >= 15 is 0 Å². The smallest absolute Gasteiger partial charge is 0.324 e. The van der Waals surface area contributed by atoms with Crippen LogP contribution in [0.3, 0.4) is 0 Å². The van der Waals surface area contributed by atoms with E-state index in [2.05, 4.69) is 0 Å². The van der Waals surface area contributed by atoms with Gasteiger partial charge in [0.15, 0.2) is 0 Å². The van der Waals surface area contributed by atoms with E-state index in [1.807, 2.05) is 0 Å². The highest BCUT2D eigenvalue weighted by Crippen LogP contribution is 2.29. The van der Waals surface area contributed by atoms with Crippen molar-refractivity contribution in [1.29, 1.82) is 5.41 Å². The number of piperidine rings is 1. The normalized spacial score (nSPS) is 20.3. The number of nitrogens with one attached hydrogen (secondary N) is 1. The number of aliphatic hydroxyl groups excluding tert-OH is 1. The zero-order chi connectivity index (χ0) is 25.2. The summed E-state index contributed by atoms with van der Waals surface area (Å²) in [5.74, 6) is -0.182. The maximum atomic E-state index is 13.3. The molecule has 4 rings (SSSR count). The predicted octanol–water partition coefficient (Wildman–Crippen LogP) is 1.63. The first kappa shape index (κ1) is 25.0. The molecule has 2 fully saturated rings. The number of nitrogen functional groups attached to an aromatic ring is 1. The molecule has 2 heterocycles. The monoisotopic (exact) mass is 501 g/mol. The van der Waals surface area contributed by atoms with Gasteiger partial charge < -0.3 is 20.8 Å². The Morgan fingerprint density at radius 3 is 2.43 bits per heavy atom. The Morgan fingerprint density at radius 1 is 1.06 bits per heavy atom. The van der Waals surface area contributed by atoms with E-state index in [1.54, 1.807) is 34.1 Å². The molecule has 0 bridgehead atoms. The van der Waals surface area contributed by atoms with Crippen LogP contribution in [-0.2, 0) is 10.0 Å². The highest BCUT2D eigenvalue weighted by molar-refractivity contribution is 7.89. The fourth-order valence-electron chi connectivity index (χ4n) is 4.72. The third kappa shape index (κ3) is 5.42. The molecule has 0 aromatic heterocycles.